The van der Waals surface area contributed by atoms with Crippen LogP contribution >= 0.6 is 0 Å². The molecule has 1 aliphatic heterocycles. The largest absolute Gasteiger partial charge is 0.508 e. The Morgan fingerprint density at radius 3 is 2.40 bits per heavy atom. The maximum absolute atomic E-state index is 13.8. The second kappa shape index (κ2) is 17.6. The third kappa shape index (κ3) is 10.2. The molecule has 2 aliphatic rings. The predicted octanol–water partition coefficient (Wildman–Crippen LogP) is 3.30. The van der Waals surface area contributed by atoms with Gasteiger partial charge in [0.2, 0.25) is 11.6 Å². The van der Waals surface area contributed by atoms with Crippen LogP contribution in [0.5, 0.6) is 5.75 Å². The van der Waals surface area contributed by atoms with Gasteiger partial charge in [0.15, 0.2) is 6.10 Å². The van der Waals surface area contributed by atoms with Crippen LogP contribution in [0, 0.1) is 11.8 Å². The van der Waals surface area contributed by atoms with Gasteiger partial charge in [-0.3, -0.25) is 14.4 Å². The fraction of sp³-hybridized carbons (Fsp3) is 0.444. The van der Waals surface area contributed by atoms with Gasteiger partial charge in [0.25, 0.3) is 5.91 Å². The van der Waals surface area contributed by atoms with E-state index in [1.165, 1.54) is 20.3 Å². The van der Waals surface area contributed by atoms with E-state index in [2.05, 4.69) is 10.6 Å². The Morgan fingerprint density at radius 1 is 1.08 bits per heavy atom. The van der Waals surface area contributed by atoms with Crippen LogP contribution in [0.3, 0.4) is 0 Å². The summed E-state index contributed by atoms with van der Waals surface area (Å²) in [5.74, 6) is -2.09. The zero-order valence-corrected chi connectivity index (χ0v) is 28.3. The van der Waals surface area contributed by atoms with E-state index in [9.17, 15) is 29.4 Å². The van der Waals surface area contributed by atoms with E-state index < -0.39 is 53.9 Å². The molecular formula is C36H47N3O9. The monoisotopic (exact) mass is 665 g/mol. The van der Waals surface area contributed by atoms with E-state index in [0.29, 0.717) is 25.0 Å². The minimum Gasteiger partial charge on any atom is -0.508 e. The van der Waals surface area contributed by atoms with Crippen LogP contribution in [-0.2, 0) is 35.0 Å². The predicted molar refractivity (Wildman–Crippen MR) is 179 cm³/mol. The lowest BCUT2D eigenvalue weighted by molar-refractivity contribution is -0.120. The van der Waals surface area contributed by atoms with E-state index in [1.54, 1.807) is 63.3 Å². The molecule has 1 aromatic rings. The molecule has 2 amide bonds. The molecule has 6 atom stereocenters. The molecule has 2 bridgehead atoms. The van der Waals surface area contributed by atoms with Crippen molar-refractivity contribution < 1.29 is 43.6 Å². The molecule has 3 rings (SSSR count). The number of hydrogen-bond acceptors (Lipinski definition) is 10. The number of aliphatic hydroxyl groups is 1. The maximum Gasteiger partial charge on any atom is 0.405 e. The van der Waals surface area contributed by atoms with Gasteiger partial charge in [0.1, 0.15) is 11.9 Å². The van der Waals surface area contributed by atoms with Gasteiger partial charge in [-0.1, -0.05) is 50.3 Å². The zero-order chi connectivity index (χ0) is 35.5. The first-order chi connectivity index (χ1) is 22.7. The number of amides is 2. The lowest BCUT2D eigenvalue weighted by atomic mass is 9.85. The molecule has 1 heterocycles. The molecule has 0 unspecified atom stereocenters. The molecule has 260 valence electrons. The van der Waals surface area contributed by atoms with Crippen molar-refractivity contribution in [2.45, 2.75) is 71.4 Å². The van der Waals surface area contributed by atoms with Gasteiger partial charge in [-0.2, -0.15) is 0 Å². The van der Waals surface area contributed by atoms with Gasteiger partial charge in [-0.25, -0.2) is 4.79 Å². The number of allylic oxidation sites excluding steroid dienone is 4. The highest BCUT2D eigenvalue weighted by atomic mass is 16.6. The number of carbonyl (C=O) groups is 4. The van der Waals surface area contributed by atoms with Crippen LogP contribution in [0.1, 0.15) is 46.1 Å². The summed E-state index contributed by atoms with van der Waals surface area (Å²) in [5.41, 5.74) is 7.33. The highest BCUT2D eigenvalue weighted by molar-refractivity contribution is 6.23. The normalized spacial score (nSPS) is 29.1. The summed E-state index contributed by atoms with van der Waals surface area (Å²) in [5, 5.41) is 26.6. The number of phenolic OH excluding ortho intramolecular Hbond substituents is 1. The smallest absolute Gasteiger partial charge is 0.405 e. The number of nitrogens with one attached hydrogen (secondary N) is 2. The van der Waals surface area contributed by atoms with Crippen molar-refractivity contribution in [2.24, 2.45) is 17.6 Å². The van der Waals surface area contributed by atoms with Crippen molar-refractivity contribution in [2.75, 3.05) is 20.8 Å². The lowest BCUT2D eigenvalue weighted by Gasteiger charge is -2.30. The van der Waals surface area contributed by atoms with Gasteiger partial charge in [0.05, 0.1) is 23.6 Å². The number of aliphatic hydroxyl groups excluding tert-OH is 1. The minimum absolute atomic E-state index is 0.146. The molecule has 0 fully saturated rings. The number of rotatable bonds is 7. The quantitative estimate of drug-likeness (QED) is 0.214. The molecule has 0 saturated carbocycles. The van der Waals surface area contributed by atoms with Crippen molar-refractivity contribution in [1.82, 2.24) is 10.6 Å². The van der Waals surface area contributed by atoms with Crippen molar-refractivity contribution in [1.29, 1.82) is 0 Å². The Kier molecular flexibility index (Phi) is 13.9. The fourth-order valence-electron chi connectivity index (χ4n) is 5.77. The lowest BCUT2D eigenvalue weighted by Crippen LogP contribution is -2.38. The molecule has 12 nitrogen and oxygen atoms in total. The molecule has 48 heavy (non-hydrogen) atoms. The number of ether oxygens (including phenoxy) is 3. The summed E-state index contributed by atoms with van der Waals surface area (Å²) in [4.78, 5) is 52.2. The van der Waals surface area contributed by atoms with E-state index in [4.69, 9.17) is 19.9 Å². The zero-order valence-electron chi connectivity index (χ0n) is 28.3. The minimum atomic E-state index is -1.01. The standard InChI is InChI=1S/C36H47N3O9/c1-20-16-26-31(38-15-14-24-10-12-25(40)13-11-24)28(41)19-27(33(26)43)39-35(44)21(2)8-7-9-29(46-5)34(48-36(37)45)23(4)18-22(3)32(42)30(17-20)47-6/h7-13,18-20,22,29-30,32,34,38,40,42H,14-17H2,1-6H3,(H2,37,45)(H,39,44)/b9-7-,21-8+,23-18+/t20-,22+,29+,30+,32-,34+/m1/s1. The van der Waals surface area contributed by atoms with Crippen LogP contribution < -0.4 is 16.4 Å². The third-order valence-corrected chi connectivity index (χ3v) is 8.45. The second-order valence-corrected chi connectivity index (χ2v) is 12.3. The average molecular weight is 666 g/mol. The van der Waals surface area contributed by atoms with Gasteiger partial charge in [0, 0.05) is 43.9 Å². The first kappa shape index (κ1) is 37.9. The Morgan fingerprint density at radius 2 is 1.77 bits per heavy atom. The summed E-state index contributed by atoms with van der Waals surface area (Å²) in [7, 11) is 2.92. The third-order valence-electron chi connectivity index (χ3n) is 8.45. The average Bonchev–Trinajstić information content (AvgIpc) is 3.04. The number of nitrogens with two attached hydrogens (primary N) is 1. The number of hydrogen-bond donors (Lipinski definition) is 5. The Labute approximate surface area is 281 Å². The number of benzene rings is 1. The number of phenols is 1. The van der Waals surface area contributed by atoms with Crippen LogP contribution in [0.4, 0.5) is 4.79 Å². The van der Waals surface area contributed by atoms with E-state index in [1.807, 2.05) is 6.92 Å². The first-order valence-corrected chi connectivity index (χ1v) is 15.9. The van der Waals surface area contributed by atoms with Gasteiger partial charge >= 0.3 is 6.09 Å². The summed E-state index contributed by atoms with van der Waals surface area (Å²) in [6.45, 7) is 7.31. The van der Waals surface area contributed by atoms with Crippen molar-refractivity contribution >= 4 is 23.6 Å². The molecule has 1 aromatic carbocycles. The maximum atomic E-state index is 13.8. The molecule has 6 N–H and O–H groups in total. The number of fused-ring (bicyclic) bond motifs is 2. The number of carbonyl (C=O) groups excluding carboxylic acids is 4. The number of primary amides is 1. The topological polar surface area (TPSA) is 187 Å². The summed E-state index contributed by atoms with van der Waals surface area (Å²) in [6.07, 6.45) is 4.16. The van der Waals surface area contributed by atoms with Crippen LogP contribution in [0.2, 0.25) is 0 Å². The second-order valence-electron chi connectivity index (χ2n) is 12.3. The van der Waals surface area contributed by atoms with Crippen LogP contribution in [-0.4, -0.2) is 79.0 Å². The summed E-state index contributed by atoms with van der Waals surface area (Å²) in [6, 6.07) is 6.70. The Balaban J connectivity index is 2.02. The van der Waals surface area contributed by atoms with Crippen molar-refractivity contribution in [3.8, 4) is 5.75 Å². The Bertz CT molecular complexity index is 1510. The number of aromatic hydroxyl groups is 1. The van der Waals surface area contributed by atoms with E-state index in [0.717, 1.165) is 11.6 Å². The van der Waals surface area contributed by atoms with E-state index in [-0.39, 0.29) is 40.6 Å². The van der Waals surface area contributed by atoms with E-state index >= 15 is 0 Å². The van der Waals surface area contributed by atoms with Gasteiger partial charge in [-0.15, -0.1) is 0 Å². The number of methoxy groups -OCH3 is 2. The van der Waals surface area contributed by atoms with Crippen LogP contribution in [0.25, 0.3) is 0 Å². The Hall–Kier alpha value is -4.52. The summed E-state index contributed by atoms with van der Waals surface area (Å²) >= 11 is 0. The summed E-state index contributed by atoms with van der Waals surface area (Å²) < 4.78 is 16.7. The van der Waals surface area contributed by atoms with Gasteiger partial charge in [-0.05, 0) is 62.3 Å². The van der Waals surface area contributed by atoms with Crippen molar-refractivity contribution in [3.63, 3.8) is 0 Å². The molecule has 1 aliphatic carbocycles. The molecule has 0 aromatic heterocycles. The SMILES string of the molecule is CO[C@H]1/C=C\C=C(/C)C(=O)NC2=CC(=O)C(NCCc3ccc(O)cc3)=C(C[C@@H](C)C[C@H](OC)[C@H](O)[C@@H](C)/C=C(\C)[C@@H]1OC(N)=O)C2=O. The van der Waals surface area contributed by atoms with Gasteiger partial charge < -0.3 is 40.8 Å². The molecule has 0 spiro atoms. The highest BCUT2D eigenvalue weighted by Gasteiger charge is 2.33. The van der Waals surface area contributed by atoms with Crippen LogP contribution in [0.15, 0.2) is 82.8 Å². The highest BCUT2D eigenvalue weighted by Crippen LogP contribution is 2.29. The molecule has 0 saturated heterocycles. The fourth-order valence-corrected chi connectivity index (χ4v) is 5.77. The molecule has 0 radical (unpaired) electrons. The number of ketones is 2. The molecule has 12 heteroatoms. The molecular weight excluding hydrogens is 618 g/mol. The first-order valence-electron chi connectivity index (χ1n) is 15.9. The van der Waals surface area contributed by atoms with Crippen molar-refractivity contribution in [3.05, 3.63) is 88.3 Å². The number of Topliss-reactive ketones (excluding diaryl/α,β-unsaturated/α-hetero) is 1.